The van der Waals surface area contributed by atoms with Gasteiger partial charge in [-0.3, -0.25) is 0 Å². The molecule has 0 spiro atoms. The van der Waals surface area contributed by atoms with Gasteiger partial charge in [0.05, 0.1) is 15.5 Å². The van der Waals surface area contributed by atoms with Crippen LogP contribution in [-0.4, -0.2) is 5.16 Å². The molecule has 0 radical (unpaired) electrons. The van der Waals surface area contributed by atoms with Crippen LogP contribution in [0.5, 0.6) is 0 Å². The summed E-state index contributed by atoms with van der Waals surface area (Å²) in [5, 5.41) is 5.19. The predicted molar refractivity (Wildman–Crippen MR) is 89.1 cm³/mol. The van der Waals surface area contributed by atoms with Gasteiger partial charge in [0.25, 0.3) is 0 Å². The molecule has 2 N–H and O–H groups in total. The molecular weight excluding hydrogens is 327 g/mol. The molecule has 0 bridgehead atoms. The Morgan fingerprint density at radius 3 is 2.71 bits per heavy atom. The highest BCUT2D eigenvalue weighted by molar-refractivity contribution is 7.15. The molecule has 0 atom stereocenters. The van der Waals surface area contributed by atoms with Crippen molar-refractivity contribution in [2.45, 2.75) is 13.3 Å². The molecule has 3 rings (SSSR count). The molecule has 0 aliphatic heterocycles. The summed E-state index contributed by atoms with van der Waals surface area (Å²) >= 11 is 13.9. The Bertz CT molecular complexity index is 795. The first kappa shape index (κ1) is 14.4. The summed E-state index contributed by atoms with van der Waals surface area (Å²) in [7, 11) is 0. The third kappa shape index (κ3) is 2.67. The topological polar surface area (TPSA) is 52.0 Å². The second-order valence-corrected chi connectivity index (χ2v) is 6.53. The van der Waals surface area contributed by atoms with Gasteiger partial charge in [-0.25, -0.2) is 0 Å². The Kier molecular flexibility index (Phi) is 3.93. The molecule has 21 heavy (non-hydrogen) atoms. The van der Waals surface area contributed by atoms with E-state index in [0.717, 1.165) is 16.9 Å². The van der Waals surface area contributed by atoms with Crippen LogP contribution < -0.4 is 5.73 Å². The first-order chi connectivity index (χ1) is 10.1. The van der Waals surface area contributed by atoms with Gasteiger partial charge < -0.3 is 10.3 Å². The number of nitrogen functional groups attached to an aromatic ring is 1. The zero-order valence-electron chi connectivity index (χ0n) is 11.2. The summed E-state index contributed by atoms with van der Waals surface area (Å²) < 4.78 is 5.18. The summed E-state index contributed by atoms with van der Waals surface area (Å²) in [6, 6.07) is 9.38. The van der Waals surface area contributed by atoms with Crippen LogP contribution in [0.1, 0.15) is 11.8 Å². The predicted octanol–water partition coefficient (Wildman–Crippen LogP) is 5.52. The minimum atomic E-state index is 0.251. The van der Waals surface area contributed by atoms with E-state index in [1.807, 2.05) is 12.1 Å². The maximum Gasteiger partial charge on any atom is 0.230 e. The molecule has 0 saturated carbocycles. The molecule has 1 aromatic carbocycles. The third-order valence-electron chi connectivity index (χ3n) is 3.16. The minimum Gasteiger partial charge on any atom is -0.367 e. The second-order valence-electron chi connectivity index (χ2n) is 4.51. The van der Waals surface area contributed by atoms with E-state index >= 15 is 0 Å². The number of hydrogen-bond donors (Lipinski definition) is 1. The van der Waals surface area contributed by atoms with Crippen molar-refractivity contribution in [2.24, 2.45) is 0 Å². The van der Waals surface area contributed by atoms with Crippen LogP contribution >= 0.6 is 34.5 Å². The standard InChI is InChI=1S/C15H12Cl2N2OS/c1-2-9-4-6-12(21-9)14-13(15(18)20-19-14)10-5-3-8(16)7-11(10)17/h3-7H,2,18H2,1H3. The highest BCUT2D eigenvalue weighted by atomic mass is 35.5. The Labute approximate surface area is 136 Å². The van der Waals surface area contributed by atoms with E-state index in [1.54, 1.807) is 23.5 Å². The Balaban J connectivity index is 2.17. The van der Waals surface area contributed by atoms with Gasteiger partial charge in [-0.05, 0) is 30.7 Å². The van der Waals surface area contributed by atoms with Crippen molar-refractivity contribution in [3.8, 4) is 21.7 Å². The van der Waals surface area contributed by atoms with E-state index in [2.05, 4.69) is 18.1 Å². The lowest BCUT2D eigenvalue weighted by Crippen LogP contribution is -1.88. The van der Waals surface area contributed by atoms with Gasteiger partial charge in [0.2, 0.25) is 5.88 Å². The molecule has 6 heteroatoms. The smallest absolute Gasteiger partial charge is 0.230 e. The zero-order chi connectivity index (χ0) is 15.0. The molecular formula is C15H12Cl2N2OS. The van der Waals surface area contributed by atoms with Gasteiger partial charge in [-0.1, -0.05) is 41.3 Å². The third-order valence-corrected chi connectivity index (χ3v) is 4.95. The van der Waals surface area contributed by atoms with E-state index in [4.69, 9.17) is 33.5 Å². The highest BCUT2D eigenvalue weighted by Crippen LogP contribution is 2.42. The van der Waals surface area contributed by atoms with Crippen molar-refractivity contribution in [1.82, 2.24) is 5.16 Å². The number of benzene rings is 1. The average molecular weight is 339 g/mol. The molecule has 2 heterocycles. The van der Waals surface area contributed by atoms with Crippen LogP contribution in [0.3, 0.4) is 0 Å². The van der Waals surface area contributed by atoms with Gasteiger partial charge in [-0.15, -0.1) is 11.3 Å². The fourth-order valence-corrected chi connectivity index (χ4v) is 3.56. The van der Waals surface area contributed by atoms with Crippen LogP contribution in [0.2, 0.25) is 10.0 Å². The largest absolute Gasteiger partial charge is 0.367 e. The Morgan fingerprint density at radius 2 is 2.05 bits per heavy atom. The number of nitrogens with two attached hydrogens (primary N) is 1. The van der Waals surface area contributed by atoms with Crippen molar-refractivity contribution in [3.05, 3.63) is 45.3 Å². The fraction of sp³-hybridized carbons (Fsp3) is 0.133. The number of aromatic nitrogens is 1. The van der Waals surface area contributed by atoms with Crippen molar-refractivity contribution in [1.29, 1.82) is 0 Å². The summed E-state index contributed by atoms with van der Waals surface area (Å²) in [6.07, 6.45) is 0.981. The minimum absolute atomic E-state index is 0.251. The number of nitrogens with zero attached hydrogens (tertiary/aromatic N) is 1. The average Bonchev–Trinajstić information content (AvgIpc) is 3.06. The normalized spacial score (nSPS) is 11.0. The van der Waals surface area contributed by atoms with E-state index in [0.29, 0.717) is 21.3 Å². The van der Waals surface area contributed by atoms with Gasteiger partial charge in [0.15, 0.2) is 0 Å². The zero-order valence-corrected chi connectivity index (χ0v) is 13.5. The fourth-order valence-electron chi connectivity index (χ4n) is 2.12. The number of aryl methyl sites for hydroxylation is 1. The maximum atomic E-state index is 6.28. The molecule has 0 unspecified atom stereocenters. The summed E-state index contributed by atoms with van der Waals surface area (Å²) in [6.45, 7) is 2.11. The Hall–Kier alpha value is -1.49. The molecule has 0 amide bonds. The van der Waals surface area contributed by atoms with Crippen LogP contribution in [0, 0.1) is 0 Å². The van der Waals surface area contributed by atoms with Crippen molar-refractivity contribution in [2.75, 3.05) is 5.73 Å². The molecule has 0 aliphatic carbocycles. The van der Waals surface area contributed by atoms with Crippen LogP contribution in [0.15, 0.2) is 34.9 Å². The SMILES string of the molecule is CCc1ccc(-c2noc(N)c2-c2ccc(Cl)cc2Cl)s1. The van der Waals surface area contributed by atoms with E-state index < -0.39 is 0 Å². The van der Waals surface area contributed by atoms with Gasteiger partial charge >= 0.3 is 0 Å². The Morgan fingerprint density at radius 1 is 1.24 bits per heavy atom. The van der Waals surface area contributed by atoms with Gasteiger partial charge in [0.1, 0.15) is 5.69 Å². The second kappa shape index (κ2) is 5.72. The molecule has 0 saturated heterocycles. The molecule has 3 aromatic rings. The van der Waals surface area contributed by atoms with Crippen LogP contribution in [-0.2, 0) is 6.42 Å². The number of halogens is 2. The first-order valence-corrected chi connectivity index (χ1v) is 7.97. The monoisotopic (exact) mass is 338 g/mol. The first-order valence-electron chi connectivity index (χ1n) is 6.39. The van der Waals surface area contributed by atoms with Gasteiger partial charge in [0, 0.05) is 15.5 Å². The quantitative estimate of drug-likeness (QED) is 0.683. The summed E-state index contributed by atoms with van der Waals surface area (Å²) in [4.78, 5) is 2.29. The molecule has 108 valence electrons. The molecule has 0 aliphatic rings. The van der Waals surface area contributed by atoms with Crippen molar-refractivity contribution in [3.63, 3.8) is 0 Å². The summed E-state index contributed by atoms with van der Waals surface area (Å²) in [5.74, 6) is 0.251. The van der Waals surface area contributed by atoms with Gasteiger partial charge in [-0.2, -0.15) is 0 Å². The number of anilines is 1. The van der Waals surface area contributed by atoms with E-state index in [1.165, 1.54) is 4.88 Å². The van der Waals surface area contributed by atoms with Crippen molar-refractivity contribution >= 4 is 40.4 Å². The lowest BCUT2D eigenvalue weighted by atomic mass is 10.0. The lowest BCUT2D eigenvalue weighted by molar-refractivity contribution is 0.439. The van der Waals surface area contributed by atoms with E-state index in [9.17, 15) is 0 Å². The van der Waals surface area contributed by atoms with Crippen molar-refractivity contribution < 1.29 is 4.52 Å². The molecule has 0 fully saturated rings. The number of hydrogen-bond acceptors (Lipinski definition) is 4. The summed E-state index contributed by atoms with van der Waals surface area (Å²) in [5.41, 5.74) is 8.12. The molecule has 3 nitrogen and oxygen atoms in total. The van der Waals surface area contributed by atoms with Crippen LogP contribution in [0.25, 0.3) is 21.7 Å². The maximum absolute atomic E-state index is 6.28. The lowest BCUT2D eigenvalue weighted by Gasteiger charge is -2.04. The number of rotatable bonds is 3. The van der Waals surface area contributed by atoms with Crippen LogP contribution in [0.4, 0.5) is 5.88 Å². The highest BCUT2D eigenvalue weighted by Gasteiger charge is 2.20. The van der Waals surface area contributed by atoms with E-state index in [-0.39, 0.29) is 5.88 Å². The molecule has 2 aromatic heterocycles. The number of thiophene rings is 1.